The molecule has 3 heteroatoms. The molecule has 2 N–H and O–H groups in total. The molecule has 1 unspecified atom stereocenters. The van der Waals surface area contributed by atoms with Crippen LogP contribution in [0.15, 0.2) is 46.9 Å². The van der Waals surface area contributed by atoms with Crippen molar-refractivity contribution in [1.82, 2.24) is 0 Å². The van der Waals surface area contributed by atoms with E-state index in [1.54, 1.807) is 6.07 Å². The highest BCUT2D eigenvalue weighted by Gasteiger charge is 2.10. The summed E-state index contributed by atoms with van der Waals surface area (Å²) < 4.78 is 1.09. The second-order valence-electron chi connectivity index (χ2n) is 4.66. The summed E-state index contributed by atoms with van der Waals surface area (Å²) in [5.74, 6) is 0.334. The molecule has 19 heavy (non-hydrogen) atoms. The molecule has 100 valence electrons. The van der Waals surface area contributed by atoms with E-state index >= 15 is 0 Å². The van der Waals surface area contributed by atoms with Crippen molar-refractivity contribution in [3.8, 4) is 5.75 Å². The SMILES string of the molecule is CCC(Nc1ccc(O)c(C)c1)c1cccc(Br)c1. The molecule has 0 saturated heterocycles. The molecular formula is C16H18BrNO. The Morgan fingerprint density at radius 2 is 2.00 bits per heavy atom. The lowest BCUT2D eigenvalue weighted by molar-refractivity contribution is 0.471. The summed E-state index contributed by atoms with van der Waals surface area (Å²) >= 11 is 3.51. The highest BCUT2D eigenvalue weighted by Crippen LogP contribution is 2.27. The average molecular weight is 320 g/mol. The highest BCUT2D eigenvalue weighted by molar-refractivity contribution is 9.10. The van der Waals surface area contributed by atoms with Crippen molar-refractivity contribution in [3.05, 3.63) is 58.1 Å². The van der Waals surface area contributed by atoms with Gasteiger partial charge in [0.1, 0.15) is 5.75 Å². The van der Waals surface area contributed by atoms with Gasteiger partial charge in [-0.05, 0) is 54.8 Å². The predicted molar refractivity (Wildman–Crippen MR) is 83.6 cm³/mol. The molecule has 1 atom stereocenters. The van der Waals surface area contributed by atoms with Crippen LogP contribution in [-0.2, 0) is 0 Å². The predicted octanol–water partition coefficient (Wildman–Crippen LogP) is 5.03. The van der Waals surface area contributed by atoms with Crippen LogP contribution in [-0.4, -0.2) is 5.11 Å². The molecule has 2 aromatic rings. The van der Waals surface area contributed by atoms with Gasteiger partial charge in [-0.25, -0.2) is 0 Å². The summed E-state index contributed by atoms with van der Waals surface area (Å²) in [6.07, 6.45) is 0.996. The monoisotopic (exact) mass is 319 g/mol. The Morgan fingerprint density at radius 1 is 1.21 bits per heavy atom. The zero-order valence-corrected chi connectivity index (χ0v) is 12.7. The normalized spacial score (nSPS) is 12.2. The van der Waals surface area contributed by atoms with Crippen LogP contribution in [0.25, 0.3) is 0 Å². The zero-order chi connectivity index (χ0) is 13.8. The van der Waals surface area contributed by atoms with Crippen LogP contribution in [0.5, 0.6) is 5.75 Å². The third kappa shape index (κ3) is 3.51. The van der Waals surface area contributed by atoms with Crippen molar-refractivity contribution in [1.29, 1.82) is 0 Å². The second-order valence-corrected chi connectivity index (χ2v) is 5.58. The van der Waals surface area contributed by atoms with Crippen LogP contribution in [0.2, 0.25) is 0 Å². The van der Waals surface area contributed by atoms with Crippen molar-refractivity contribution in [3.63, 3.8) is 0 Å². The summed E-state index contributed by atoms with van der Waals surface area (Å²) in [5.41, 5.74) is 3.17. The van der Waals surface area contributed by atoms with Gasteiger partial charge in [-0.2, -0.15) is 0 Å². The number of hydrogen-bond acceptors (Lipinski definition) is 2. The van der Waals surface area contributed by atoms with Crippen LogP contribution in [0, 0.1) is 6.92 Å². The van der Waals surface area contributed by atoms with E-state index in [9.17, 15) is 5.11 Å². The van der Waals surface area contributed by atoms with E-state index in [1.807, 2.05) is 31.2 Å². The van der Waals surface area contributed by atoms with Crippen LogP contribution < -0.4 is 5.32 Å². The molecule has 0 spiro atoms. The van der Waals surface area contributed by atoms with Gasteiger partial charge in [0, 0.05) is 10.2 Å². The van der Waals surface area contributed by atoms with E-state index in [2.05, 4.69) is 40.3 Å². The zero-order valence-electron chi connectivity index (χ0n) is 11.2. The van der Waals surface area contributed by atoms with E-state index < -0.39 is 0 Å². The lowest BCUT2D eigenvalue weighted by Gasteiger charge is -2.19. The van der Waals surface area contributed by atoms with Gasteiger partial charge < -0.3 is 10.4 Å². The summed E-state index contributed by atoms with van der Waals surface area (Å²) in [5, 5.41) is 13.1. The first kappa shape index (κ1) is 13.9. The van der Waals surface area contributed by atoms with E-state index in [4.69, 9.17) is 0 Å². The molecule has 2 rings (SSSR count). The molecule has 0 amide bonds. The first-order valence-electron chi connectivity index (χ1n) is 6.41. The molecule has 0 aliphatic rings. The number of rotatable bonds is 4. The molecule has 0 fully saturated rings. The molecule has 0 saturated carbocycles. The fraction of sp³-hybridized carbons (Fsp3) is 0.250. The summed E-state index contributed by atoms with van der Waals surface area (Å²) in [6, 6.07) is 14.2. The van der Waals surface area contributed by atoms with Gasteiger partial charge in [0.25, 0.3) is 0 Å². The van der Waals surface area contributed by atoms with Crippen molar-refractivity contribution in [2.24, 2.45) is 0 Å². The maximum Gasteiger partial charge on any atom is 0.118 e. The fourth-order valence-electron chi connectivity index (χ4n) is 2.09. The van der Waals surface area contributed by atoms with Crippen LogP contribution >= 0.6 is 15.9 Å². The Morgan fingerprint density at radius 3 is 2.63 bits per heavy atom. The average Bonchev–Trinajstić information content (AvgIpc) is 2.40. The summed E-state index contributed by atoms with van der Waals surface area (Å²) in [4.78, 5) is 0. The van der Waals surface area contributed by atoms with Gasteiger partial charge in [-0.1, -0.05) is 35.0 Å². The van der Waals surface area contributed by atoms with Crippen molar-refractivity contribution in [2.75, 3.05) is 5.32 Å². The Balaban J connectivity index is 2.21. The molecule has 0 aromatic heterocycles. The van der Waals surface area contributed by atoms with Gasteiger partial charge in [0.05, 0.1) is 6.04 Å². The van der Waals surface area contributed by atoms with E-state index in [0.29, 0.717) is 5.75 Å². The maximum absolute atomic E-state index is 9.55. The van der Waals surface area contributed by atoms with Gasteiger partial charge >= 0.3 is 0 Å². The number of phenolic OH excluding ortho intramolecular Hbond substituents is 1. The topological polar surface area (TPSA) is 32.3 Å². The minimum Gasteiger partial charge on any atom is -0.508 e. The van der Waals surface area contributed by atoms with Crippen LogP contribution in [0.3, 0.4) is 0 Å². The van der Waals surface area contributed by atoms with E-state index in [0.717, 1.165) is 22.1 Å². The smallest absolute Gasteiger partial charge is 0.118 e. The number of anilines is 1. The largest absolute Gasteiger partial charge is 0.508 e. The fourth-order valence-corrected chi connectivity index (χ4v) is 2.51. The third-order valence-corrected chi connectivity index (χ3v) is 3.69. The number of benzene rings is 2. The third-order valence-electron chi connectivity index (χ3n) is 3.20. The standard InChI is InChI=1S/C16H18BrNO/c1-3-15(12-5-4-6-13(17)10-12)18-14-7-8-16(19)11(2)9-14/h4-10,15,18-19H,3H2,1-2H3. The second kappa shape index (κ2) is 6.11. The molecule has 2 nitrogen and oxygen atoms in total. The Hall–Kier alpha value is -1.48. The van der Waals surface area contributed by atoms with Crippen LogP contribution in [0.4, 0.5) is 5.69 Å². The molecule has 2 aromatic carbocycles. The van der Waals surface area contributed by atoms with E-state index in [1.165, 1.54) is 5.56 Å². The number of halogens is 1. The van der Waals surface area contributed by atoms with Crippen molar-refractivity contribution in [2.45, 2.75) is 26.3 Å². The minimum absolute atomic E-state index is 0.265. The Labute approximate surface area is 122 Å². The lowest BCUT2D eigenvalue weighted by Crippen LogP contribution is -2.09. The first-order valence-corrected chi connectivity index (χ1v) is 7.21. The number of aryl methyl sites for hydroxylation is 1. The van der Waals surface area contributed by atoms with Gasteiger partial charge in [-0.3, -0.25) is 0 Å². The molecule has 0 radical (unpaired) electrons. The number of hydrogen-bond donors (Lipinski definition) is 2. The summed E-state index contributed by atoms with van der Waals surface area (Å²) in [6.45, 7) is 4.06. The quantitative estimate of drug-likeness (QED) is 0.775. The highest BCUT2D eigenvalue weighted by atomic mass is 79.9. The van der Waals surface area contributed by atoms with Crippen LogP contribution in [0.1, 0.15) is 30.5 Å². The first-order chi connectivity index (χ1) is 9.10. The number of nitrogens with one attached hydrogen (secondary N) is 1. The van der Waals surface area contributed by atoms with Crippen molar-refractivity contribution >= 4 is 21.6 Å². The van der Waals surface area contributed by atoms with Gasteiger partial charge in [-0.15, -0.1) is 0 Å². The van der Waals surface area contributed by atoms with E-state index in [-0.39, 0.29) is 6.04 Å². The molecular weight excluding hydrogens is 302 g/mol. The maximum atomic E-state index is 9.55. The Kier molecular flexibility index (Phi) is 4.48. The summed E-state index contributed by atoms with van der Waals surface area (Å²) in [7, 11) is 0. The molecule has 0 aliphatic heterocycles. The van der Waals surface area contributed by atoms with Crippen molar-refractivity contribution < 1.29 is 5.11 Å². The number of aromatic hydroxyl groups is 1. The molecule has 0 heterocycles. The Bertz CT molecular complexity index is 568. The minimum atomic E-state index is 0.265. The molecule has 0 bridgehead atoms. The lowest BCUT2D eigenvalue weighted by atomic mass is 10.0. The number of phenols is 1. The van der Waals surface area contributed by atoms with Gasteiger partial charge in [0.15, 0.2) is 0 Å². The van der Waals surface area contributed by atoms with Gasteiger partial charge in [0.2, 0.25) is 0 Å². The molecule has 0 aliphatic carbocycles.